The van der Waals surface area contributed by atoms with E-state index < -0.39 is 47.1 Å². The van der Waals surface area contributed by atoms with E-state index in [9.17, 15) is 37.1 Å². The number of Topliss-reactive ketones (excluding diaryl/α,β-unsaturated/α-hetero) is 3. The van der Waals surface area contributed by atoms with Gasteiger partial charge in [-0.05, 0) is 93.5 Å². The maximum absolute atomic E-state index is 15.2. The molecule has 1 unspecified atom stereocenters. The summed E-state index contributed by atoms with van der Waals surface area (Å²) in [5.41, 5.74) is -0.923. The highest BCUT2D eigenvalue weighted by atomic mass is 19.4. The number of ketones is 3. The van der Waals surface area contributed by atoms with Crippen LogP contribution in [-0.2, 0) is 44.7 Å². The molecule has 10 nitrogen and oxygen atoms in total. The van der Waals surface area contributed by atoms with Crippen LogP contribution >= 0.6 is 0 Å². The van der Waals surface area contributed by atoms with Gasteiger partial charge >= 0.3 is 6.18 Å². The van der Waals surface area contributed by atoms with Crippen LogP contribution in [0.3, 0.4) is 0 Å². The molecule has 2 amide bonds. The minimum Gasteiger partial charge on any atom is -0.327 e. The topological polar surface area (TPSA) is 123 Å². The van der Waals surface area contributed by atoms with Gasteiger partial charge in [0.15, 0.2) is 11.6 Å². The first-order chi connectivity index (χ1) is 25.5. The van der Waals surface area contributed by atoms with Gasteiger partial charge < -0.3 is 9.80 Å². The summed E-state index contributed by atoms with van der Waals surface area (Å²) in [7, 11) is 0. The van der Waals surface area contributed by atoms with Gasteiger partial charge in [0.2, 0.25) is 11.8 Å². The lowest BCUT2D eigenvalue weighted by Crippen LogP contribution is -2.47. The summed E-state index contributed by atoms with van der Waals surface area (Å²) in [6.07, 6.45) is 0.746. The highest BCUT2D eigenvalue weighted by molar-refractivity contribution is 6.08. The molecule has 2 aromatic heterocycles. The molecule has 3 fully saturated rings. The van der Waals surface area contributed by atoms with Crippen molar-refractivity contribution in [1.82, 2.24) is 19.7 Å². The third-order valence-corrected chi connectivity index (χ3v) is 12.0. The predicted octanol–water partition coefficient (Wildman–Crippen LogP) is 6.84. The van der Waals surface area contributed by atoms with E-state index >= 15 is 4.39 Å². The molecular formula is C40H45F4N5O5. The zero-order valence-electron chi connectivity index (χ0n) is 30.9. The lowest BCUT2D eigenvalue weighted by atomic mass is 9.89. The van der Waals surface area contributed by atoms with Gasteiger partial charge in [0.25, 0.3) is 0 Å². The number of carbonyl (C=O) groups is 5. The monoisotopic (exact) mass is 751 g/mol. The van der Waals surface area contributed by atoms with Gasteiger partial charge in [-0.1, -0.05) is 18.9 Å². The van der Waals surface area contributed by atoms with Crippen molar-refractivity contribution in [3.63, 3.8) is 0 Å². The van der Waals surface area contributed by atoms with E-state index in [1.807, 2.05) is 6.07 Å². The number of benzene rings is 1. The molecule has 3 aromatic rings. The number of alkyl halides is 4. The molecule has 1 aliphatic carbocycles. The van der Waals surface area contributed by atoms with E-state index in [0.717, 1.165) is 24.5 Å². The summed E-state index contributed by atoms with van der Waals surface area (Å²) in [6.45, 7) is 3.94. The van der Waals surface area contributed by atoms with Crippen molar-refractivity contribution in [3.8, 4) is 0 Å². The van der Waals surface area contributed by atoms with Crippen LogP contribution in [0.5, 0.6) is 0 Å². The number of aromatic nitrogens is 3. The van der Waals surface area contributed by atoms with Crippen molar-refractivity contribution < 1.29 is 41.5 Å². The number of hydrogen-bond donors (Lipinski definition) is 0. The van der Waals surface area contributed by atoms with Gasteiger partial charge in [-0.3, -0.25) is 28.7 Å². The third-order valence-electron chi connectivity index (χ3n) is 12.0. The Hall–Kier alpha value is -4.49. The number of anilines is 1. The Labute approximate surface area is 310 Å². The number of hydrogen-bond acceptors (Lipinski definition) is 7. The number of aryl methyl sites for hydroxylation is 2. The smallest absolute Gasteiger partial charge is 0.327 e. The second-order valence-electron chi connectivity index (χ2n) is 16.1. The molecule has 4 atom stereocenters. The molecule has 0 spiro atoms. The molecular weight excluding hydrogens is 706 g/mol. The molecule has 3 aliphatic heterocycles. The molecule has 2 saturated heterocycles. The summed E-state index contributed by atoms with van der Waals surface area (Å²) < 4.78 is 57.3. The minimum absolute atomic E-state index is 0.00800. The fourth-order valence-corrected chi connectivity index (χ4v) is 8.88. The van der Waals surface area contributed by atoms with Crippen molar-refractivity contribution >= 4 is 45.8 Å². The molecule has 0 N–H and O–H groups in total. The van der Waals surface area contributed by atoms with Crippen LogP contribution in [0.25, 0.3) is 10.9 Å². The second-order valence-corrected chi connectivity index (χ2v) is 16.1. The van der Waals surface area contributed by atoms with Crippen molar-refractivity contribution in [2.75, 3.05) is 11.4 Å². The quantitative estimate of drug-likeness (QED) is 0.207. The Morgan fingerprint density at radius 3 is 2.41 bits per heavy atom. The zero-order valence-corrected chi connectivity index (χ0v) is 30.9. The normalized spacial score (nSPS) is 26.9. The van der Waals surface area contributed by atoms with E-state index in [1.54, 1.807) is 13.0 Å². The third kappa shape index (κ3) is 7.32. The van der Waals surface area contributed by atoms with Crippen LogP contribution in [0.15, 0.2) is 24.3 Å². The van der Waals surface area contributed by atoms with Crippen molar-refractivity contribution in [3.05, 3.63) is 52.5 Å². The number of nitrogens with zero attached hydrogens (tertiary/aromatic N) is 5. The molecule has 7 rings (SSSR count). The Kier molecular flexibility index (Phi) is 9.79. The highest BCUT2D eigenvalue weighted by Crippen LogP contribution is 2.62. The average Bonchev–Trinajstić information content (AvgIpc) is 3.51. The first kappa shape index (κ1) is 37.8. The number of carbonyl (C=O) groups excluding carboxylic acids is 5. The summed E-state index contributed by atoms with van der Waals surface area (Å²) in [6, 6.07) is 4.35. The molecule has 1 saturated carbocycles. The van der Waals surface area contributed by atoms with E-state index in [-0.39, 0.29) is 67.3 Å². The number of rotatable bonds is 5. The molecule has 288 valence electrons. The predicted molar refractivity (Wildman–Crippen MR) is 191 cm³/mol. The fourth-order valence-electron chi connectivity index (χ4n) is 8.88. The molecule has 4 aliphatic rings. The van der Waals surface area contributed by atoms with Crippen molar-refractivity contribution in [1.29, 1.82) is 0 Å². The fraction of sp³-hybridized carbons (Fsp3) is 0.575. The molecule has 0 radical (unpaired) electrons. The lowest BCUT2D eigenvalue weighted by Gasteiger charge is -2.35. The SMILES string of the molecule is CC(=O)c1nn2c3c(cc(N4CC(C)(F)CCC4=O)cc13)CCCCCCC(=O)CC[C@@]13C[C@@H](C(=O)Cc4nc(C(F)(F)F)ccc4C)N(C(=O)C2)[C@@H]1C3. The maximum atomic E-state index is 15.2. The Bertz CT molecular complexity index is 2060. The Balaban J connectivity index is 1.28. The lowest BCUT2D eigenvalue weighted by molar-refractivity contribution is -0.141. The molecule has 1 aromatic carbocycles. The van der Waals surface area contributed by atoms with Crippen LogP contribution in [0.4, 0.5) is 23.2 Å². The van der Waals surface area contributed by atoms with Gasteiger partial charge in [0.05, 0.1) is 30.2 Å². The molecule has 54 heavy (non-hydrogen) atoms. The van der Waals surface area contributed by atoms with Gasteiger partial charge in [-0.2, -0.15) is 18.3 Å². The first-order valence-electron chi connectivity index (χ1n) is 18.9. The van der Waals surface area contributed by atoms with Crippen LogP contribution in [0.1, 0.15) is 117 Å². The number of piperidine rings is 2. The van der Waals surface area contributed by atoms with Gasteiger partial charge in [-0.15, -0.1) is 0 Å². The summed E-state index contributed by atoms with van der Waals surface area (Å²) in [4.78, 5) is 74.4. The highest BCUT2D eigenvalue weighted by Gasteiger charge is 2.66. The van der Waals surface area contributed by atoms with Crippen LogP contribution < -0.4 is 4.90 Å². The standard InChI is InChI=1S/C40H45F4N5O5/c1-23-10-11-32(40(42,43)44)45-29(23)18-31(52)30-19-39-15-12-27(51)9-7-5-4-6-8-25-16-26(47-22-38(3,41)14-13-34(47)53)17-28-36(24(2)50)46-48(37(25)28)21-35(54)49(30)33(39)20-39/h10-11,16-17,30,33H,4-9,12-15,18-22H2,1-3H3/t30-,33+,38?,39-/m0/s1. The van der Waals surface area contributed by atoms with Gasteiger partial charge in [-0.25, -0.2) is 9.37 Å². The zero-order chi connectivity index (χ0) is 38.7. The van der Waals surface area contributed by atoms with Crippen LogP contribution in [0, 0.1) is 12.3 Å². The summed E-state index contributed by atoms with van der Waals surface area (Å²) in [5, 5.41) is 5.07. The number of pyridine rings is 1. The van der Waals surface area contributed by atoms with Crippen molar-refractivity contribution in [2.24, 2.45) is 5.41 Å². The average molecular weight is 752 g/mol. The van der Waals surface area contributed by atoms with Gasteiger partial charge in [0, 0.05) is 43.3 Å². The van der Waals surface area contributed by atoms with E-state index in [2.05, 4.69) is 10.1 Å². The first-order valence-corrected chi connectivity index (χ1v) is 18.9. The summed E-state index contributed by atoms with van der Waals surface area (Å²) >= 11 is 0. The molecule has 5 heterocycles. The maximum Gasteiger partial charge on any atom is 0.433 e. The minimum atomic E-state index is -4.69. The molecule has 2 bridgehead atoms. The molecule has 14 heteroatoms. The second kappa shape index (κ2) is 14.0. The largest absolute Gasteiger partial charge is 0.433 e. The van der Waals surface area contributed by atoms with Gasteiger partial charge in [0.1, 0.15) is 29.4 Å². The van der Waals surface area contributed by atoms with E-state index in [4.69, 9.17) is 0 Å². The van der Waals surface area contributed by atoms with Crippen LogP contribution in [-0.4, -0.2) is 73.1 Å². The summed E-state index contributed by atoms with van der Waals surface area (Å²) in [5.74, 6) is -1.34. The Morgan fingerprint density at radius 2 is 1.69 bits per heavy atom. The van der Waals surface area contributed by atoms with E-state index in [1.165, 1.54) is 34.4 Å². The Morgan fingerprint density at radius 1 is 0.944 bits per heavy atom. The van der Waals surface area contributed by atoms with Crippen LogP contribution in [0.2, 0.25) is 0 Å². The number of amides is 2. The van der Waals surface area contributed by atoms with Crippen molar-refractivity contribution in [2.45, 2.75) is 135 Å². The number of halogens is 4. The van der Waals surface area contributed by atoms with E-state index in [0.29, 0.717) is 67.1 Å².